The molecule has 1 saturated heterocycles. The second-order valence-corrected chi connectivity index (χ2v) is 5.70. The lowest BCUT2D eigenvalue weighted by atomic mass is 9.87. The zero-order chi connectivity index (χ0) is 14.3. The highest BCUT2D eigenvalue weighted by Crippen LogP contribution is 2.28. The van der Waals surface area contributed by atoms with E-state index in [-0.39, 0.29) is 17.9 Å². The number of urea groups is 1. The summed E-state index contributed by atoms with van der Waals surface area (Å²) in [5, 5.41) is 8.96. The summed E-state index contributed by atoms with van der Waals surface area (Å²) in [4.78, 5) is 26.8. The van der Waals surface area contributed by atoms with E-state index in [1.54, 1.807) is 11.8 Å². The average molecular weight is 274 g/mol. The first-order chi connectivity index (χ1) is 9.56. The van der Waals surface area contributed by atoms with Gasteiger partial charge in [-0.25, -0.2) is 4.79 Å². The summed E-state index contributed by atoms with van der Waals surface area (Å²) in [6.07, 6.45) is 0. The van der Waals surface area contributed by atoms with Crippen LogP contribution in [0.3, 0.4) is 0 Å². The topological polar surface area (TPSA) is 60.9 Å². The molecular formula is C15H18N2O3. The van der Waals surface area contributed by atoms with Crippen molar-refractivity contribution in [1.29, 1.82) is 0 Å². The normalized spacial score (nSPS) is 19.4. The van der Waals surface area contributed by atoms with E-state index in [9.17, 15) is 9.59 Å². The number of likely N-dealkylation sites (tertiary alicyclic amines) is 1. The van der Waals surface area contributed by atoms with Crippen molar-refractivity contribution in [3.63, 3.8) is 0 Å². The van der Waals surface area contributed by atoms with Gasteiger partial charge in [0.05, 0.1) is 5.92 Å². The number of carbonyl (C=O) groups excluding carboxylic acids is 1. The summed E-state index contributed by atoms with van der Waals surface area (Å²) in [5.41, 5.74) is 2.41. The zero-order valence-corrected chi connectivity index (χ0v) is 11.5. The Labute approximate surface area is 117 Å². The molecule has 0 radical (unpaired) electrons. The molecule has 2 amide bonds. The minimum atomic E-state index is -0.782. The maximum atomic E-state index is 12.3. The summed E-state index contributed by atoms with van der Waals surface area (Å²) in [5.74, 6) is -1.08. The number of hydrogen-bond donors (Lipinski definition) is 1. The van der Waals surface area contributed by atoms with E-state index >= 15 is 0 Å². The first-order valence-electron chi connectivity index (χ1n) is 6.89. The molecule has 0 bridgehead atoms. The lowest BCUT2D eigenvalue weighted by Gasteiger charge is -2.42. The third-order valence-electron chi connectivity index (χ3n) is 4.39. The Morgan fingerprint density at radius 2 is 1.70 bits per heavy atom. The minimum absolute atomic E-state index is 0.0232. The molecule has 0 aromatic heterocycles. The number of rotatable bonds is 2. The zero-order valence-electron chi connectivity index (χ0n) is 11.5. The monoisotopic (exact) mass is 274 g/mol. The van der Waals surface area contributed by atoms with Gasteiger partial charge in [0.25, 0.3) is 0 Å². The van der Waals surface area contributed by atoms with Crippen LogP contribution in [0.2, 0.25) is 0 Å². The molecule has 20 heavy (non-hydrogen) atoms. The fourth-order valence-corrected chi connectivity index (χ4v) is 2.86. The summed E-state index contributed by atoms with van der Waals surface area (Å²) in [6.45, 7) is 4.13. The molecule has 1 aromatic carbocycles. The van der Waals surface area contributed by atoms with Crippen molar-refractivity contribution in [3.8, 4) is 0 Å². The molecule has 5 nitrogen and oxygen atoms in total. The Balaban J connectivity index is 1.57. The van der Waals surface area contributed by atoms with Crippen molar-refractivity contribution < 1.29 is 14.7 Å². The number of carbonyl (C=O) groups is 2. The van der Waals surface area contributed by atoms with Crippen molar-refractivity contribution in [2.45, 2.75) is 20.0 Å². The van der Waals surface area contributed by atoms with Crippen LogP contribution in [0.25, 0.3) is 0 Å². The van der Waals surface area contributed by atoms with Crippen LogP contribution in [0.1, 0.15) is 18.1 Å². The van der Waals surface area contributed by atoms with E-state index in [2.05, 4.69) is 0 Å². The van der Waals surface area contributed by atoms with E-state index in [0.29, 0.717) is 26.2 Å². The molecule has 3 rings (SSSR count). The predicted molar refractivity (Wildman–Crippen MR) is 72.9 cm³/mol. The van der Waals surface area contributed by atoms with Gasteiger partial charge in [0.15, 0.2) is 0 Å². The minimum Gasteiger partial charge on any atom is -0.481 e. The third kappa shape index (κ3) is 2.13. The summed E-state index contributed by atoms with van der Waals surface area (Å²) in [6, 6.07) is 8.10. The second-order valence-electron chi connectivity index (χ2n) is 5.70. The van der Waals surface area contributed by atoms with Crippen LogP contribution < -0.4 is 0 Å². The first-order valence-corrected chi connectivity index (χ1v) is 6.89. The van der Waals surface area contributed by atoms with Crippen LogP contribution in [0.15, 0.2) is 24.3 Å². The van der Waals surface area contributed by atoms with Crippen molar-refractivity contribution in [3.05, 3.63) is 35.4 Å². The highest BCUT2D eigenvalue weighted by molar-refractivity contribution is 5.77. The van der Waals surface area contributed by atoms with E-state index in [1.165, 1.54) is 11.1 Å². The molecule has 1 fully saturated rings. The molecule has 2 aliphatic heterocycles. The van der Waals surface area contributed by atoms with Gasteiger partial charge in [-0.1, -0.05) is 31.2 Å². The number of aliphatic carboxylic acids is 1. The van der Waals surface area contributed by atoms with Crippen LogP contribution in [0.5, 0.6) is 0 Å². The standard InChI is InChI=1S/C15H18N2O3/c1-10(14(18)19)13-8-17(9-13)15(20)16-6-11-4-2-3-5-12(11)7-16/h2-5,10,13H,6-9H2,1H3,(H,18,19). The van der Waals surface area contributed by atoms with Crippen molar-refractivity contribution >= 4 is 12.0 Å². The molecule has 2 heterocycles. The molecule has 2 aliphatic rings. The lowest BCUT2D eigenvalue weighted by Crippen LogP contribution is -2.56. The van der Waals surface area contributed by atoms with Crippen LogP contribution >= 0.6 is 0 Å². The molecule has 106 valence electrons. The van der Waals surface area contributed by atoms with Crippen molar-refractivity contribution in [2.75, 3.05) is 13.1 Å². The van der Waals surface area contributed by atoms with Gasteiger partial charge in [-0.2, -0.15) is 0 Å². The molecule has 1 unspecified atom stereocenters. The number of nitrogens with zero attached hydrogens (tertiary/aromatic N) is 2. The second kappa shape index (κ2) is 4.81. The molecule has 1 N–H and O–H groups in total. The van der Waals surface area contributed by atoms with E-state index in [4.69, 9.17) is 5.11 Å². The quantitative estimate of drug-likeness (QED) is 0.894. The molecule has 5 heteroatoms. The van der Waals surface area contributed by atoms with Gasteiger partial charge in [-0.3, -0.25) is 4.79 Å². The predicted octanol–water partition coefficient (Wildman–Crippen LogP) is 1.77. The smallest absolute Gasteiger partial charge is 0.320 e. The van der Waals surface area contributed by atoms with Gasteiger partial charge < -0.3 is 14.9 Å². The van der Waals surface area contributed by atoms with Crippen LogP contribution in [0.4, 0.5) is 4.79 Å². The lowest BCUT2D eigenvalue weighted by molar-refractivity contribution is -0.144. The van der Waals surface area contributed by atoms with Crippen molar-refractivity contribution in [1.82, 2.24) is 9.80 Å². The number of amides is 2. The third-order valence-corrected chi connectivity index (χ3v) is 4.39. The molecular weight excluding hydrogens is 256 g/mol. The summed E-state index contributed by atoms with van der Waals surface area (Å²) < 4.78 is 0. The molecule has 0 spiro atoms. The van der Waals surface area contributed by atoms with Gasteiger partial charge in [0.2, 0.25) is 0 Å². The van der Waals surface area contributed by atoms with Gasteiger partial charge in [0, 0.05) is 32.1 Å². The van der Waals surface area contributed by atoms with Crippen LogP contribution in [-0.4, -0.2) is 40.0 Å². The highest BCUT2D eigenvalue weighted by Gasteiger charge is 2.39. The number of hydrogen-bond acceptors (Lipinski definition) is 2. The average Bonchev–Trinajstić information content (AvgIpc) is 2.80. The first kappa shape index (κ1) is 13.0. The Kier molecular flexibility index (Phi) is 3.12. The molecule has 0 aliphatic carbocycles. The molecule has 0 saturated carbocycles. The van der Waals surface area contributed by atoms with E-state index in [0.717, 1.165) is 0 Å². The fourth-order valence-electron chi connectivity index (χ4n) is 2.86. The Morgan fingerprint density at radius 3 is 2.20 bits per heavy atom. The SMILES string of the molecule is CC(C(=O)O)C1CN(C(=O)N2Cc3ccccc3C2)C1. The highest BCUT2D eigenvalue weighted by atomic mass is 16.4. The Morgan fingerprint density at radius 1 is 1.15 bits per heavy atom. The number of carboxylic acid groups (broad SMARTS) is 1. The van der Waals surface area contributed by atoms with Gasteiger partial charge in [-0.15, -0.1) is 0 Å². The van der Waals surface area contributed by atoms with Crippen molar-refractivity contribution in [2.24, 2.45) is 11.8 Å². The maximum absolute atomic E-state index is 12.3. The van der Waals surface area contributed by atoms with Crippen LogP contribution in [-0.2, 0) is 17.9 Å². The number of benzene rings is 1. The Hall–Kier alpha value is -2.04. The van der Waals surface area contributed by atoms with E-state index < -0.39 is 5.97 Å². The van der Waals surface area contributed by atoms with Crippen LogP contribution in [0, 0.1) is 11.8 Å². The molecule has 1 aromatic rings. The van der Waals surface area contributed by atoms with Gasteiger partial charge in [-0.05, 0) is 11.1 Å². The fraction of sp³-hybridized carbons (Fsp3) is 0.467. The number of carboxylic acids is 1. The summed E-state index contributed by atoms with van der Waals surface area (Å²) >= 11 is 0. The summed E-state index contributed by atoms with van der Waals surface area (Å²) in [7, 11) is 0. The number of fused-ring (bicyclic) bond motifs is 1. The largest absolute Gasteiger partial charge is 0.481 e. The molecule has 1 atom stereocenters. The maximum Gasteiger partial charge on any atom is 0.320 e. The van der Waals surface area contributed by atoms with Gasteiger partial charge >= 0.3 is 12.0 Å². The van der Waals surface area contributed by atoms with Gasteiger partial charge in [0.1, 0.15) is 0 Å². The van der Waals surface area contributed by atoms with E-state index in [1.807, 2.05) is 29.2 Å². The Bertz CT molecular complexity index is 527.